The predicted octanol–water partition coefficient (Wildman–Crippen LogP) is 2.59. The number of aromatic nitrogens is 2. The zero-order valence-electron chi connectivity index (χ0n) is 10.0. The molecule has 1 aliphatic rings. The van der Waals surface area contributed by atoms with Crippen molar-refractivity contribution in [1.82, 2.24) is 9.78 Å². The van der Waals surface area contributed by atoms with Gasteiger partial charge in [-0.15, -0.1) is 0 Å². The minimum atomic E-state index is 0.439. The van der Waals surface area contributed by atoms with Gasteiger partial charge in [-0.2, -0.15) is 5.10 Å². The summed E-state index contributed by atoms with van der Waals surface area (Å²) in [7, 11) is 1.85. The van der Waals surface area contributed by atoms with Crippen molar-refractivity contribution < 1.29 is 9.47 Å². The van der Waals surface area contributed by atoms with Crippen molar-refractivity contribution in [3.8, 4) is 11.5 Å². The fraction of sp³-hybridized carbons (Fsp3) is 0.308. The van der Waals surface area contributed by atoms with Gasteiger partial charge in [-0.1, -0.05) is 11.6 Å². The summed E-state index contributed by atoms with van der Waals surface area (Å²) in [5.74, 6) is 1.66. The van der Waals surface area contributed by atoms with Crippen LogP contribution in [0.25, 0.3) is 0 Å². The Balaban J connectivity index is 1.80. The fourth-order valence-electron chi connectivity index (χ4n) is 2.09. The molecule has 0 fully saturated rings. The van der Waals surface area contributed by atoms with Gasteiger partial charge in [-0.05, 0) is 17.7 Å². The third-order valence-corrected chi connectivity index (χ3v) is 3.12. The Labute approximate surface area is 110 Å². The first-order valence-corrected chi connectivity index (χ1v) is 6.16. The third-order valence-electron chi connectivity index (χ3n) is 2.90. The fourth-order valence-corrected chi connectivity index (χ4v) is 2.35. The van der Waals surface area contributed by atoms with E-state index in [2.05, 4.69) is 5.10 Å². The van der Waals surface area contributed by atoms with E-state index in [9.17, 15) is 0 Å². The molecule has 0 radical (unpaired) electrons. The molecule has 1 aliphatic heterocycles. The lowest BCUT2D eigenvalue weighted by Gasteiger charge is -2.09. The molecule has 0 saturated carbocycles. The largest absolute Gasteiger partial charge is 0.493 e. The highest BCUT2D eigenvalue weighted by molar-refractivity contribution is 6.30. The Hall–Kier alpha value is -1.68. The maximum absolute atomic E-state index is 6.09. The molecule has 5 heteroatoms. The molecule has 2 heterocycles. The molecule has 3 rings (SSSR count). The van der Waals surface area contributed by atoms with Crippen LogP contribution in [0.3, 0.4) is 0 Å². The molecular weight excluding hydrogens is 252 g/mol. The molecule has 1 aromatic carbocycles. The highest BCUT2D eigenvalue weighted by Gasteiger charge is 2.17. The van der Waals surface area contributed by atoms with Crippen LogP contribution in [0.4, 0.5) is 0 Å². The van der Waals surface area contributed by atoms with Gasteiger partial charge in [-0.25, -0.2) is 0 Å². The number of rotatable bonds is 3. The predicted molar refractivity (Wildman–Crippen MR) is 68.2 cm³/mol. The summed E-state index contributed by atoms with van der Waals surface area (Å²) in [6.45, 7) is 1.16. The summed E-state index contributed by atoms with van der Waals surface area (Å²) in [6, 6.07) is 3.85. The standard InChI is InChI=1S/C13H13ClN2O2/c1-16-7-12(6-15-16)18-8-10-5-11(14)4-9-2-3-17-13(9)10/h4-7H,2-3,8H2,1H3. The molecule has 0 unspecified atom stereocenters. The molecule has 0 spiro atoms. The van der Waals surface area contributed by atoms with Crippen LogP contribution < -0.4 is 9.47 Å². The second-order valence-electron chi connectivity index (χ2n) is 4.29. The molecule has 18 heavy (non-hydrogen) atoms. The Morgan fingerprint density at radius 2 is 2.39 bits per heavy atom. The highest BCUT2D eigenvalue weighted by atomic mass is 35.5. The van der Waals surface area contributed by atoms with Crippen molar-refractivity contribution in [3.63, 3.8) is 0 Å². The number of nitrogens with zero attached hydrogens (tertiary/aromatic N) is 2. The molecule has 0 amide bonds. The molecule has 0 saturated heterocycles. The summed E-state index contributed by atoms with van der Waals surface area (Å²) in [5.41, 5.74) is 2.14. The molecule has 0 bridgehead atoms. The van der Waals surface area contributed by atoms with Crippen LogP contribution in [0.15, 0.2) is 24.5 Å². The SMILES string of the molecule is Cn1cc(OCc2cc(Cl)cc3c2OCC3)cn1. The van der Waals surface area contributed by atoms with E-state index in [1.54, 1.807) is 10.9 Å². The van der Waals surface area contributed by atoms with Crippen LogP contribution in [0.1, 0.15) is 11.1 Å². The van der Waals surface area contributed by atoms with Gasteiger partial charge in [0.1, 0.15) is 12.4 Å². The molecular formula is C13H13ClN2O2. The van der Waals surface area contributed by atoms with Crippen molar-refractivity contribution in [2.75, 3.05) is 6.61 Å². The van der Waals surface area contributed by atoms with E-state index in [0.717, 1.165) is 40.7 Å². The van der Waals surface area contributed by atoms with Crippen LogP contribution in [0.2, 0.25) is 5.02 Å². The molecule has 94 valence electrons. The number of ether oxygens (including phenoxy) is 2. The van der Waals surface area contributed by atoms with Gasteiger partial charge in [-0.3, -0.25) is 4.68 Å². The van der Waals surface area contributed by atoms with Crippen molar-refractivity contribution >= 4 is 11.6 Å². The monoisotopic (exact) mass is 264 g/mol. The summed E-state index contributed by atoms with van der Waals surface area (Å²) >= 11 is 6.09. The van der Waals surface area contributed by atoms with E-state index < -0.39 is 0 Å². The van der Waals surface area contributed by atoms with Gasteiger partial charge in [0, 0.05) is 24.1 Å². The average Bonchev–Trinajstić information content (AvgIpc) is 2.94. The number of hydrogen-bond donors (Lipinski definition) is 0. The lowest BCUT2D eigenvalue weighted by Crippen LogP contribution is -1.98. The molecule has 1 aromatic heterocycles. The van der Waals surface area contributed by atoms with Crippen LogP contribution in [0.5, 0.6) is 11.5 Å². The lowest BCUT2D eigenvalue weighted by atomic mass is 10.1. The average molecular weight is 265 g/mol. The highest BCUT2D eigenvalue weighted by Crippen LogP contribution is 2.33. The number of fused-ring (bicyclic) bond motifs is 1. The Morgan fingerprint density at radius 3 is 3.17 bits per heavy atom. The minimum Gasteiger partial charge on any atom is -0.493 e. The van der Waals surface area contributed by atoms with Crippen LogP contribution in [-0.2, 0) is 20.1 Å². The normalized spacial score (nSPS) is 13.2. The van der Waals surface area contributed by atoms with Crippen molar-refractivity contribution in [3.05, 3.63) is 40.7 Å². The van der Waals surface area contributed by atoms with Crippen molar-refractivity contribution in [2.45, 2.75) is 13.0 Å². The van der Waals surface area contributed by atoms with Crippen LogP contribution in [-0.4, -0.2) is 16.4 Å². The molecule has 0 atom stereocenters. The van der Waals surface area contributed by atoms with E-state index in [1.807, 2.05) is 25.4 Å². The van der Waals surface area contributed by atoms with E-state index in [-0.39, 0.29) is 0 Å². The van der Waals surface area contributed by atoms with Gasteiger partial charge < -0.3 is 9.47 Å². The zero-order valence-corrected chi connectivity index (χ0v) is 10.8. The van der Waals surface area contributed by atoms with Gasteiger partial charge in [0.05, 0.1) is 19.0 Å². The lowest BCUT2D eigenvalue weighted by molar-refractivity contribution is 0.291. The van der Waals surface area contributed by atoms with Gasteiger partial charge >= 0.3 is 0 Å². The minimum absolute atomic E-state index is 0.439. The third kappa shape index (κ3) is 2.16. The van der Waals surface area contributed by atoms with E-state index in [1.165, 1.54) is 0 Å². The van der Waals surface area contributed by atoms with E-state index in [4.69, 9.17) is 21.1 Å². The first kappa shape index (κ1) is 11.4. The zero-order chi connectivity index (χ0) is 12.5. The maximum Gasteiger partial charge on any atom is 0.157 e. The second kappa shape index (κ2) is 4.53. The quantitative estimate of drug-likeness (QED) is 0.855. The van der Waals surface area contributed by atoms with Gasteiger partial charge in [0.2, 0.25) is 0 Å². The summed E-state index contributed by atoms with van der Waals surface area (Å²) < 4.78 is 13.0. The molecule has 4 nitrogen and oxygen atoms in total. The summed E-state index contributed by atoms with van der Waals surface area (Å²) in [5, 5.41) is 4.78. The van der Waals surface area contributed by atoms with Gasteiger partial charge in [0.15, 0.2) is 5.75 Å². The first-order chi connectivity index (χ1) is 8.72. The van der Waals surface area contributed by atoms with Crippen molar-refractivity contribution in [2.24, 2.45) is 7.05 Å². The molecule has 2 aromatic rings. The van der Waals surface area contributed by atoms with Gasteiger partial charge in [0.25, 0.3) is 0 Å². The number of benzene rings is 1. The first-order valence-electron chi connectivity index (χ1n) is 5.78. The summed E-state index contributed by atoms with van der Waals surface area (Å²) in [6.07, 6.45) is 4.42. The second-order valence-corrected chi connectivity index (χ2v) is 4.73. The Morgan fingerprint density at radius 1 is 1.50 bits per heavy atom. The summed E-state index contributed by atoms with van der Waals surface area (Å²) in [4.78, 5) is 0. The number of halogens is 1. The van der Waals surface area contributed by atoms with E-state index in [0.29, 0.717) is 6.61 Å². The van der Waals surface area contributed by atoms with E-state index >= 15 is 0 Å². The molecule has 0 N–H and O–H groups in total. The molecule has 0 aliphatic carbocycles. The Kier molecular flexibility index (Phi) is 2.88. The van der Waals surface area contributed by atoms with Crippen LogP contribution >= 0.6 is 11.6 Å². The topological polar surface area (TPSA) is 36.3 Å². The smallest absolute Gasteiger partial charge is 0.157 e. The Bertz CT molecular complexity index is 580. The maximum atomic E-state index is 6.09. The number of hydrogen-bond acceptors (Lipinski definition) is 3. The van der Waals surface area contributed by atoms with Crippen molar-refractivity contribution in [1.29, 1.82) is 0 Å². The number of aryl methyl sites for hydroxylation is 1. The van der Waals surface area contributed by atoms with Crippen LogP contribution in [0, 0.1) is 0 Å².